The molecule has 0 radical (unpaired) electrons. The summed E-state index contributed by atoms with van der Waals surface area (Å²) >= 11 is 0. The Morgan fingerprint density at radius 1 is 1.24 bits per heavy atom. The predicted molar refractivity (Wildman–Crippen MR) is 117 cm³/mol. The number of nitrogens with one attached hydrogen (secondary N) is 1. The van der Waals surface area contributed by atoms with Crippen molar-refractivity contribution in [2.24, 2.45) is 0 Å². The standard InChI is InChI=1S/C21H34N4O8S/c1-20(2)32-18-17(27)15(31-19(18)33-20)13-30-34(28,29)24-9-6-21(3,7-10-24)23-12-16(26)25-8-4-5-14(25)11-22/h14-15,17-19,23,27H,4-10,12-13H2,1-3H3/t14-,15+,17-,18+,19+/m0/s1. The molecule has 0 aromatic heterocycles. The minimum atomic E-state index is -4.02. The van der Waals surface area contributed by atoms with Gasteiger partial charge in [-0.3, -0.25) is 8.98 Å². The van der Waals surface area contributed by atoms with Crippen LogP contribution in [0.25, 0.3) is 0 Å². The highest BCUT2D eigenvalue weighted by Gasteiger charge is 2.54. The number of carbonyl (C=O) groups excluding carboxylic acids is 1. The van der Waals surface area contributed by atoms with Gasteiger partial charge in [-0.15, -0.1) is 0 Å². The molecule has 192 valence electrons. The Kier molecular flexibility index (Phi) is 7.25. The van der Waals surface area contributed by atoms with Crippen LogP contribution in [0.3, 0.4) is 0 Å². The van der Waals surface area contributed by atoms with E-state index >= 15 is 0 Å². The molecule has 4 saturated heterocycles. The molecule has 5 atom stereocenters. The summed E-state index contributed by atoms with van der Waals surface area (Å²) in [7, 11) is -4.02. The molecular formula is C21H34N4O8S. The van der Waals surface area contributed by atoms with E-state index in [-0.39, 0.29) is 38.2 Å². The van der Waals surface area contributed by atoms with E-state index in [4.69, 9.17) is 18.4 Å². The van der Waals surface area contributed by atoms with Gasteiger partial charge in [0, 0.05) is 25.2 Å². The van der Waals surface area contributed by atoms with Crippen molar-refractivity contribution < 1.29 is 36.7 Å². The summed E-state index contributed by atoms with van der Waals surface area (Å²) in [6, 6.07) is 1.80. The van der Waals surface area contributed by atoms with Gasteiger partial charge in [0.2, 0.25) is 5.91 Å². The SMILES string of the molecule is CC1(NCC(=O)N2CCC[C@H]2C#N)CCN(S(=O)(=O)OC[C@H]2O[C@@H]3OC(C)(C)O[C@@H]3[C@H]2O)CC1. The van der Waals surface area contributed by atoms with Crippen molar-refractivity contribution in [1.82, 2.24) is 14.5 Å². The zero-order valence-corrected chi connectivity index (χ0v) is 20.6. The van der Waals surface area contributed by atoms with Gasteiger partial charge in [0.25, 0.3) is 0 Å². The summed E-state index contributed by atoms with van der Waals surface area (Å²) in [5, 5.41) is 22.8. The Hall–Kier alpha value is -1.37. The van der Waals surface area contributed by atoms with Crippen molar-refractivity contribution in [1.29, 1.82) is 5.26 Å². The Balaban J connectivity index is 1.22. The van der Waals surface area contributed by atoms with Crippen molar-refractivity contribution in [2.45, 2.75) is 88.4 Å². The van der Waals surface area contributed by atoms with E-state index in [1.54, 1.807) is 18.7 Å². The number of nitrogens with zero attached hydrogens (tertiary/aromatic N) is 3. The summed E-state index contributed by atoms with van der Waals surface area (Å²) in [6.07, 6.45) is -0.891. The van der Waals surface area contributed by atoms with E-state index < -0.39 is 46.2 Å². The van der Waals surface area contributed by atoms with Crippen LogP contribution in [0.15, 0.2) is 0 Å². The van der Waals surface area contributed by atoms with E-state index in [0.29, 0.717) is 25.8 Å². The molecule has 4 rings (SSSR count). The molecule has 0 spiro atoms. The highest BCUT2D eigenvalue weighted by Crippen LogP contribution is 2.37. The largest absolute Gasteiger partial charge is 0.387 e. The Labute approximate surface area is 200 Å². The third kappa shape index (κ3) is 5.39. The van der Waals surface area contributed by atoms with Crippen LogP contribution < -0.4 is 5.32 Å². The first-order valence-corrected chi connectivity index (χ1v) is 13.1. The summed E-state index contributed by atoms with van der Waals surface area (Å²) < 4.78 is 48.6. The number of hydrogen-bond acceptors (Lipinski definition) is 10. The number of fused-ring (bicyclic) bond motifs is 1. The van der Waals surface area contributed by atoms with E-state index in [0.717, 1.165) is 6.42 Å². The van der Waals surface area contributed by atoms with E-state index in [1.807, 2.05) is 6.92 Å². The average molecular weight is 503 g/mol. The molecule has 4 fully saturated rings. The highest BCUT2D eigenvalue weighted by molar-refractivity contribution is 7.84. The molecule has 2 N–H and O–H groups in total. The number of rotatable bonds is 7. The van der Waals surface area contributed by atoms with Gasteiger partial charge >= 0.3 is 10.3 Å². The molecule has 0 unspecified atom stereocenters. The molecule has 12 nitrogen and oxygen atoms in total. The number of amides is 1. The number of hydrogen-bond donors (Lipinski definition) is 2. The molecule has 0 saturated carbocycles. The topological polar surface area (TPSA) is 151 Å². The lowest BCUT2D eigenvalue weighted by Crippen LogP contribution is -2.55. The smallest absolute Gasteiger partial charge is 0.338 e. The number of likely N-dealkylation sites (tertiary alicyclic amines) is 1. The Morgan fingerprint density at radius 3 is 2.59 bits per heavy atom. The molecule has 0 bridgehead atoms. The van der Waals surface area contributed by atoms with Crippen LogP contribution in [0.1, 0.15) is 46.5 Å². The van der Waals surface area contributed by atoms with Crippen molar-refractivity contribution in [2.75, 3.05) is 32.8 Å². The molecule has 0 aromatic carbocycles. The third-order valence-electron chi connectivity index (χ3n) is 7.03. The second-order valence-electron chi connectivity index (χ2n) is 10.1. The van der Waals surface area contributed by atoms with Crippen molar-refractivity contribution in [3.63, 3.8) is 0 Å². The van der Waals surface area contributed by atoms with Crippen LogP contribution >= 0.6 is 0 Å². The molecule has 4 aliphatic heterocycles. The molecule has 4 heterocycles. The summed E-state index contributed by atoms with van der Waals surface area (Å²) in [5.41, 5.74) is -0.409. The molecule has 0 aromatic rings. The van der Waals surface area contributed by atoms with Gasteiger partial charge in [-0.25, -0.2) is 0 Å². The average Bonchev–Trinajstić information content (AvgIpc) is 3.45. The van der Waals surface area contributed by atoms with Crippen molar-refractivity contribution >= 4 is 16.2 Å². The molecule has 0 aliphatic carbocycles. The van der Waals surface area contributed by atoms with E-state index in [9.17, 15) is 23.6 Å². The van der Waals surface area contributed by atoms with Crippen molar-refractivity contribution in [3.8, 4) is 6.07 Å². The number of aliphatic hydroxyl groups excluding tert-OH is 1. The second kappa shape index (κ2) is 9.59. The first-order valence-electron chi connectivity index (χ1n) is 11.7. The molecule has 4 aliphatic rings. The molecule has 34 heavy (non-hydrogen) atoms. The maximum atomic E-state index is 12.7. The Morgan fingerprint density at radius 2 is 1.94 bits per heavy atom. The first kappa shape index (κ1) is 25.7. The molecule has 13 heteroatoms. The quantitative estimate of drug-likeness (QED) is 0.464. The maximum absolute atomic E-state index is 12.7. The number of ether oxygens (including phenoxy) is 3. The fourth-order valence-corrected chi connectivity index (χ4v) is 5.98. The fraction of sp³-hybridized carbons (Fsp3) is 0.905. The van der Waals surface area contributed by atoms with Crippen LogP contribution in [0.5, 0.6) is 0 Å². The van der Waals surface area contributed by atoms with Crippen LogP contribution in [-0.2, 0) is 33.5 Å². The Bertz CT molecular complexity index is 914. The van der Waals surface area contributed by atoms with Gasteiger partial charge in [0.1, 0.15) is 24.4 Å². The fourth-order valence-electron chi connectivity index (χ4n) is 4.89. The minimum absolute atomic E-state index is 0.109. The van der Waals surface area contributed by atoms with Gasteiger partial charge in [-0.05, 0) is 46.5 Å². The number of carbonyl (C=O) groups is 1. The second-order valence-corrected chi connectivity index (χ2v) is 11.7. The van der Waals surface area contributed by atoms with Gasteiger partial charge in [-0.1, -0.05) is 0 Å². The number of nitriles is 1. The monoisotopic (exact) mass is 502 g/mol. The summed E-state index contributed by atoms with van der Waals surface area (Å²) in [5.74, 6) is -0.987. The van der Waals surface area contributed by atoms with Gasteiger partial charge in [0.05, 0.1) is 19.2 Å². The lowest BCUT2D eigenvalue weighted by molar-refractivity contribution is -0.217. The van der Waals surface area contributed by atoms with Crippen molar-refractivity contribution in [3.05, 3.63) is 0 Å². The zero-order valence-electron chi connectivity index (χ0n) is 19.8. The normalized spacial score (nSPS) is 35.3. The van der Waals surface area contributed by atoms with Crippen LogP contribution in [0, 0.1) is 11.3 Å². The maximum Gasteiger partial charge on any atom is 0.338 e. The lowest BCUT2D eigenvalue weighted by atomic mass is 9.90. The van der Waals surface area contributed by atoms with Gasteiger partial charge in [0.15, 0.2) is 12.1 Å². The zero-order chi connectivity index (χ0) is 24.7. The van der Waals surface area contributed by atoms with E-state index in [2.05, 4.69) is 11.4 Å². The molecule has 1 amide bonds. The first-order chi connectivity index (χ1) is 15.9. The summed E-state index contributed by atoms with van der Waals surface area (Å²) in [6.45, 7) is 6.19. The predicted octanol–water partition coefficient (Wildman–Crippen LogP) is -0.556. The van der Waals surface area contributed by atoms with Crippen LogP contribution in [-0.4, -0.2) is 103 Å². The van der Waals surface area contributed by atoms with Gasteiger partial charge in [-0.2, -0.15) is 18.0 Å². The van der Waals surface area contributed by atoms with Crippen LogP contribution in [0.2, 0.25) is 0 Å². The van der Waals surface area contributed by atoms with Gasteiger partial charge < -0.3 is 29.5 Å². The minimum Gasteiger partial charge on any atom is -0.387 e. The number of piperidine rings is 1. The lowest BCUT2D eigenvalue weighted by Gasteiger charge is -2.39. The third-order valence-corrected chi connectivity index (χ3v) is 8.46. The number of aliphatic hydroxyl groups is 1. The highest BCUT2D eigenvalue weighted by atomic mass is 32.2. The summed E-state index contributed by atoms with van der Waals surface area (Å²) in [4.78, 5) is 14.1. The molecular weight excluding hydrogens is 468 g/mol. The van der Waals surface area contributed by atoms with Crippen LogP contribution in [0.4, 0.5) is 0 Å². The van der Waals surface area contributed by atoms with E-state index in [1.165, 1.54) is 4.31 Å².